The second-order valence-corrected chi connectivity index (χ2v) is 10.5. The smallest absolute Gasteiger partial charge is 0.392 e. The second kappa shape index (κ2) is 9.88. The second-order valence-electron chi connectivity index (χ2n) is 7.90. The Labute approximate surface area is 216 Å². The molecular formula is C27H20BrN3O4S. The Bertz CT molecular complexity index is 1640. The predicted molar refractivity (Wildman–Crippen MR) is 145 cm³/mol. The van der Waals surface area contributed by atoms with Crippen LogP contribution >= 0.6 is 15.9 Å². The van der Waals surface area contributed by atoms with Crippen molar-refractivity contribution in [3.8, 4) is 17.0 Å². The minimum Gasteiger partial charge on any atom is -0.392 e. The number of carbonyl (C=O) groups excluding carboxylic acids is 1. The van der Waals surface area contributed by atoms with Gasteiger partial charge in [-0.1, -0.05) is 64.5 Å². The van der Waals surface area contributed by atoms with E-state index >= 15 is 0 Å². The number of H-pyrrole nitrogens is 1. The Morgan fingerprint density at radius 2 is 1.47 bits per heavy atom. The largest absolute Gasteiger partial charge is 0.418 e. The molecule has 36 heavy (non-hydrogen) atoms. The number of ether oxygens (including phenoxy) is 1. The summed E-state index contributed by atoms with van der Waals surface area (Å²) < 4.78 is 34.9. The summed E-state index contributed by atoms with van der Waals surface area (Å²) >= 11 is 3.31. The van der Waals surface area contributed by atoms with Crippen LogP contribution in [0.25, 0.3) is 22.0 Å². The van der Waals surface area contributed by atoms with Crippen molar-refractivity contribution >= 4 is 54.3 Å². The van der Waals surface area contributed by atoms with Gasteiger partial charge in [-0.2, -0.15) is 0 Å². The molecule has 180 valence electrons. The molecule has 0 aliphatic heterocycles. The standard InChI is InChI=1S/C27H20BrN3O4S/c28-19-11-14-22(15-12-19)36(33,34)31-21-13-16-24-23(17-21)25(18-7-3-1-4-8-18)26(30-24)35-27(32)29-20-9-5-2-6-10-20/h1-17,30-31H,(H,29,32). The molecule has 5 aromatic rings. The zero-order chi connectivity index (χ0) is 25.1. The van der Waals surface area contributed by atoms with Crippen LogP contribution in [0.1, 0.15) is 0 Å². The summed E-state index contributed by atoms with van der Waals surface area (Å²) in [7, 11) is -3.80. The maximum atomic E-state index is 12.9. The summed E-state index contributed by atoms with van der Waals surface area (Å²) in [6.45, 7) is 0. The summed E-state index contributed by atoms with van der Waals surface area (Å²) in [6.07, 6.45) is -0.652. The molecule has 1 heterocycles. The van der Waals surface area contributed by atoms with Crippen molar-refractivity contribution < 1.29 is 17.9 Å². The van der Waals surface area contributed by atoms with Gasteiger partial charge >= 0.3 is 6.09 Å². The Kier molecular flexibility index (Phi) is 6.49. The molecule has 4 aromatic carbocycles. The lowest BCUT2D eigenvalue weighted by atomic mass is 10.0. The molecule has 0 fully saturated rings. The van der Waals surface area contributed by atoms with Gasteiger partial charge in [0.05, 0.1) is 10.5 Å². The van der Waals surface area contributed by atoms with Gasteiger partial charge in [0, 0.05) is 26.8 Å². The summed E-state index contributed by atoms with van der Waals surface area (Å²) in [4.78, 5) is 15.9. The number of fused-ring (bicyclic) bond motifs is 1. The van der Waals surface area contributed by atoms with Crippen molar-refractivity contribution in [1.29, 1.82) is 0 Å². The maximum absolute atomic E-state index is 12.9. The molecule has 0 saturated heterocycles. The third kappa shape index (κ3) is 5.12. The molecule has 0 radical (unpaired) electrons. The summed E-state index contributed by atoms with van der Waals surface area (Å²) in [5.74, 6) is 0.248. The van der Waals surface area contributed by atoms with Crippen molar-refractivity contribution in [2.24, 2.45) is 0 Å². The van der Waals surface area contributed by atoms with Crippen LogP contribution in [0.5, 0.6) is 5.88 Å². The zero-order valence-corrected chi connectivity index (χ0v) is 21.1. The zero-order valence-electron chi connectivity index (χ0n) is 18.7. The number of amides is 1. The fraction of sp³-hybridized carbons (Fsp3) is 0. The third-order valence-corrected chi connectivity index (χ3v) is 7.34. The fourth-order valence-corrected chi connectivity index (χ4v) is 5.10. The minimum atomic E-state index is -3.80. The highest BCUT2D eigenvalue weighted by Gasteiger charge is 2.20. The van der Waals surface area contributed by atoms with Gasteiger partial charge in [0.1, 0.15) is 0 Å². The van der Waals surface area contributed by atoms with Gasteiger partial charge in [0.15, 0.2) is 0 Å². The van der Waals surface area contributed by atoms with E-state index in [1.807, 2.05) is 48.5 Å². The van der Waals surface area contributed by atoms with E-state index in [4.69, 9.17) is 4.74 Å². The van der Waals surface area contributed by atoms with Crippen molar-refractivity contribution in [1.82, 2.24) is 4.98 Å². The highest BCUT2D eigenvalue weighted by molar-refractivity contribution is 9.10. The molecule has 1 aromatic heterocycles. The summed E-state index contributed by atoms with van der Waals surface area (Å²) in [6, 6.07) is 29.9. The molecule has 0 saturated carbocycles. The third-order valence-electron chi connectivity index (χ3n) is 5.42. The van der Waals surface area contributed by atoms with Gasteiger partial charge in [-0.3, -0.25) is 10.0 Å². The van der Waals surface area contributed by atoms with Gasteiger partial charge in [-0.25, -0.2) is 13.2 Å². The van der Waals surface area contributed by atoms with Gasteiger partial charge in [-0.05, 0) is 60.2 Å². The fourth-order valence-electron chi connectivity index (χ4n) is 3.78. The molecule has 9 heteroatoms. The number of para-hydroxylation sites is 1. The van der Waals surface area contributed by atoms with Crippen molar-refractivity contribution in [3.05, 3.63) is 108 Å². The van der Waals surface area contributed by atoms with E-state index in [-0.39, 0.29) is 10.8 Å². The first-order valence-electron chi connectivity index (χ1n) is 10.9. The van der Waals surface area contributed by atoms with E-state index in [9.17, 15) is 13.2 Å². The van der Waals surface area contributed by atoms with Gasteiger partial charge < -0.3 is 9.72 Å². The monoisotopic (exact) mass is 561 g/mol. The van der Waals surface area contributed by atoms with Gasteiger partial charge in [0.2, 0.25) is 5.88 Å². The maximum Gasteiger partial charge on any atom is 0.418 e. The van der Waals surface area contributed by atoms with Gasteiger partial charge in [0.25, 0.3) is 10.0 Å². The van der Waals surface area contributed by atoms with E-state index in [1.54, 1.807) is 42.5 Å². The van der Waals surface area contributed by atoms with Crippen LogP contribution in [-0.2, 0) is 10.0 Å². The number of anilines is 2. The normalized spacial score (nSPS) is 11.2. The van der Waals surface area contributed by atoms with Crippen molar-refractivity contribution in [2.45, 2.75) is 4.90 Å². The van der Waals surface area contributed by atoms with Crippen molar-refractivity contribution in [3.63, 3.8) is 0 Å². The summed E-state index contributed by atoms with van der Waals surface area (Å²) in [5, 5.41) is 3.40. The molecule has 0 unspecified atom stereocenters. The summed E-state index contributed by atoms with van der Waals surface area (Å²) in [5.41, 5.74) is 3.10. The van der Waals surface area contributed by atoms with Crippen LogP contribution in [0.2, 0.25) is 0 Å². The number of rotatable bonds is 6. The predicted octanol–water partition coefficient (Wildman–Crippen LogP) is 7.01. The first kappa shape index (κ1) is 23.7. The molecule has 5 rings (SSSR count). The number of hydrogen-bond acceptors (Lipinski definition) is 4. The number of carbonyl (C=O) groups is 1. The lowest BCUT2D eigenvalue weighted by molar-refractivity contribution is 0.214. The van der Waals surface area contributed by atoms with Crippen LogP contribution in [0, 0.1) is 0 Å². The first-order chi connectivity index (χ1) is 17.4. The number of hydrogen-bond donors (Lipinski definition) is 3. The van der Waals surface area contributed by atoms with Crippen LogP contribution in [0.3, 0.4) is 0 Å². The Hall–Kier alpha value is -4.08. The molecule has 7 nitrogen and oxygen atoms in total. The number of halogens is 1. The number of benzene rings is 4. The molecule has 0 aliphatic carbocycles. The average Bonchev–Trinajstić information content (AvgIpc) is 3.22. The first-order valence-corrected chi connectivity index (χ1v) is 13.2. The van der Waals surface area contributed by atoms with Crippen LogP contribution in [0.15, 0.2) is 112 Å². The molecule has 3 N–H and O–H groups in total. The van der Waals surface area contributed by atoms with E-state index in [2.05, 4.69) is 31.0 Å². The van der Waals surface area contributed by atoms with E-state index < -0.39 is 16.1 Å². The number of aromatic nitrogens is 1. The highest BCUT2D eigenvalue weighted by atomic mass is 79.9. The Balaban J connectivity index is 1.51. The topological polar surface area (TPSA) is 100 Å². The molecular weight excluding hydrogens is 542 g/mol. The van der Waals surface area contributed by atoms with Crippen LogP contribution in [-0.4, -0.2) is 19.5 Å². The Morgan fingerprint density at radius 1 is 0.806 bits per heavy atom. The Morgan fingerprint density at radius 3 is 2.17 bits per heavy atom. The van der Waals surface area contributed by atoms with E-state index in [1.165, 1.54) is 12.1 Å². The highest BCUT2D eigenvalue weighted by Crippen LogP contribution is 2.39. The van der Waals surface area contributed by atoms with E-state index in [0.29, 0.717) is 27.8 Å². The SMILES string of the molecule is O=C(Nc1ccccc1)Oc1[nH]c2ccc(NS(=O)(=O)c3ccc(Br)cc3)cc2c1-c1ccccc1. The lowest BCUT2D eigenvalue weighted by Gasteiger charge is -2.09. The van der Waals surface area contributed by atoms with Crippen LogP contribution < -0.4 is 14.8 Å². The number of nitrogens with one attached hydrogen (secondary N) is 3. The molecule has 0 bridgehead atoms. The number of sulfonamides is 1. The van der Waals surface area contributed by atoms with Crippen LogP contribution in [0.4, 0.5) is 16.2 Å². The molecule has 0 spiro atoms. The average molecular weight is 562 g/mol. The van der Waals surface area contributed by atoms with Crippen molar-refractivity contribution in [2.75, 3.05) is 10.0 Å². The molecule has 1 amide bonds. The minimum absolute atomic E-state index is 0.143. The quantitative estimate of drug-likeness (QED) is 0.207. The molecule has 0 aliphatic rings. The number of aromatic amines is 1. The van der Waals surface area contributed by atoms with Gasteiger partial charge in [-0.15, -0.1) is 0 Å². The lowest BCUT2D eigenvalue weighted by Crippen LogP contribution is -2.17. The van der Waals surface area contributed by atoms with E-state index in [0.717, 1.165) is 10.0 Å². The molecule has 0 atom stereocenters.